The van der Waals surface area contributed by atoms with Crippen molar-refractivity contribution in [3.8, 4) is 0 Å². The Hall–Kier alpha value is -2.83. The van der Waals surface area contributed by atoms with Crippen LogP contribution in [0.5, 0.6) is 0 Å². The molecule has 140 valence electrons. The molecule has 2 aromatic rings. The van der Waals surface area contributed by atoms with Gasteiger partial charge >= 0.3 is 6.09 Å². The third-order valence-electron chi connectivity index (χ3n) is 4.21. The molecule has 0 saturated carbocycles. The Morgan fingerprint density at radius 3 is 2.62 bits per heavy atom. The average Bonchev–Trinajstić information content (AvgIpc) is 3.05. The maximum absolute atomic E-state index is 12.4. The Balaban J connectivity index is 1.95. The van der Waals surface area contributed by atoms with Crippen LogP contribution in [0.4, 0.5) is 10.6 Å². The van der Waals surface area contributed by atoms with Crippen molar-refractivity contribution >= 4 is 17.8 Å². The van der Waals surface area contributed by atoms with Crippen molar-refractivity contribution in [1.29, 1.82) is 0 Å². The minimum atomic E-state index is -0.699. The number of nitrogens with one attached hydrogen (secondary N) is 3. The number of carbonyl (C=O) groups is 2. The van der Waals surface area contributed by atoms with E-state index in [-0.39, 0.29) is 11.8 Å². The number of hydrogen-bond acceptors (Lipinski definition) is 4. The number of amides is 2. The summed E-state index contributed by atoms with van der Waals surface area (Å²) >= 11 is 0. The molecule has 2 amide bonds. The van der Waals surface area contributed by atoms with E-state index in [2.05, 4.69) is 44.6 Å². The van der Waals surface area contributed by atoms with Gasteiger partial charge in [-0.3, -0.25) is 9.89 Å². The normalized spacial score (nSPS) is 11.9. The van der Waals surface area contributed by atoms with Gasteiger partial charge in [0.15, 0.2) is 5.82 Å². The highest BCUT2D eigenvalue weighted by Crippen LogP contribution is 2.13. The van der Waals surface area contributed by atoms with E-state index in [1.165, 1.54) is 18.2 Å². The molecular weight excluding hydrogens is 332 g/mol. The fourth-order valence-electron chi connectivity index (χ4n) is 2.64. The van der Waals surface area contributed by atoms with Crippen molar-refractivity contribution < 1.29 is 14.3 Å². The van der Waals surface area contributed by atoms with Crippen molar-refractivity contribution in [3.63, 3.8) is 0 Å². The number of benzene rings is 1. The standard InChI is InChI=1S/C19H26N4O3/c1-12(2)17(21-19(25)26-4)18(24)20-16-11-15(22-23-16)10-9-14-8-6-5-7-13(14)3/h5-8,11-12,17H,9-10H2,1-4H3,(H,21,25)(H2,20,22,23,24)/t17-/m0/s1. The molecule has 0 saturated heterocycles. The summed E-state index contributed by atoms with van der Waals surface area (Å²) < 4.78 is 4.57. The lowest BCUT2D eigenvalue weighted by Gasteiger charge is -2.20. The van der Waals surface area contributed by atoms with Crippen molar-refractivity contribution in [2.75, 3.05) is 12.4 Å². The number of rotatable bonds is 7. The van der Waals surface area contributed by atoms with E-state index in [0.717, 1.165) is 18.5 Å². The van der Waals surface area contributed by atoms with Gasteiger partial charge in [0.1, 0.15) is 6.04 Å². The van der Waals surface area contributed by atoms with Gasteiger partial charge in [0.2, 0.25) is 5.91 Å². The van der Waals surface area contributed by atoms with Gasteiger partial charge in [-0.1, -0.05) is 38.1 Å². The number of hydrogen-bond donors (Lipinski definition) is 3. The Labute approximate surface area is 153 Å². The van der Waals surface area contributed by atoms with E-state index < -0.39 is 12.1 Å². The van der Waals surface area contributed by atoms with Crippen LogP contribution >= 0.6 is 0 Å². The number of aryl methyl sites for hydroxylation is 3. The van der Waals surface area contributed by atoms with E-state index in [0.29, 0.717) is 5.82 Å². The van der Waals surface area contributed by atoms with Gasteiger partial charge in [-0.2, -0.15) is 5.10 Å². The maximum atomic E-state index is 12.4. The molecule has 3 N–H and O–H groups in total. The second kappa shape index (κ2) is 9.03. The van der Waals surface area contributed by atoms with Crippen molar-refractivity contribution in [2.45, 2.75) is 39.7 Å². The number of nitrogens with zero attached hydrogens (tertiary/aromatic N) is 1. The monoisotopic (exact) mass is 358 g/mol. The molecular formula is C19H26N4O3. The second-order valence-electron chi connectivity index (χ2n) is 6.55. The largest absolute Gasteiger partial charge is 0.453 e. The zero-order valence-corrected chi connectivity index (χ0v) is 15.6. The first kappa shape index (κ1) is 19.5. The number of carbonyl (C=O) groups excluding carboxylic acids is 2. The van der Waals surface area contributed by atoms with Crippen LogP contribution in [0.15, 0.2) is 30.3 Å². The lowest BCUT2D eigenvalue weighted by molar-refractivity contribution is -0.119. The lowest BCUT2D eigenvalue weighted by atomic mass is 10.0. The Kier molecular flexibility index (Phi) is 6.77. The van der Waals surface area contributed by atoms with E-state index in [9.17, 15) is 9.59 Å². The quantitative estimate of drug-likeness (QED) is 0.709. The molecule has 1 aromatic carbocycles. The van der Waals surface area contributed by atoms with Gasteiger partial charge < -0.3 is 15.4 Å². The summed E-state index contributed by atoms with van der Waals surface area (Å²) in [4.78, 5) is 23.8. The summed E-state index contributed by atoms with van der Waals surface area (Å²) in [5.74, 6) is 0.0167. The Morgan fingerprint density at radius 1 is 1.23 bits per heavy atom. The topological polar surface area (TPSA) is 96.1 Å². The van der Waals surface area contributed by atoms with Gasteiger partial charge in [-0.05, 0) is 36.8 Å². The fourth-order valence-corrected chi connectivity index (χ4v) is 2.64. The summed E-state index contributed by atoms with van der Waals surface area (Å²) in [6.45, 7) is 5.78. The van der Waals surface area contributed by atoms with Gasteiger partial charge in [0.05, 0.1) is 7.11 Å². The molecule has 0 bridgehead atoms. The van der Waals surface area contributed by atoms with E-state index >= 15 is 0 Å². The third-order valence-corrected chi connectivity index (χ3v) is 4.21. The Bertz CT molecular complexity index is 755. The van der Waals surface area contributed by atoms with Crippen LogP contribution in [0.1, 0.15) is 30.7 Å². The summed E-state index contributed by atoms with van der Waals surface area (Å²) in [7, 11) is 1.26. The van der Waals surface area contributed by atoms with E-state index in [4.69, 9.17) is 0 Å². The van der Waals surface area contributed by atoms with Crippen LogP contribution in [0.25, 0.3) is 0 Å². The molecule has 1 heterocycles. The predicted molar refractivity (Wildman–Crippen MR) is 100.0 cm³/mol. The zero-order valence-electron chi connectivity index (χ0n) is 15.6. The van der Waals surface area contributed by atoms with Crippen LogP contribution in [0.3, 0.4) is 0 Å². The van der Waals surface area contributed by atoms with Crippen LogP contribution in [0.2, 0.25) is 0 Å². The molecule has 0 unspecified atom stereocenters. The molecule has 1 aromatic heterocycles. The number of H-pyrrole nitrogens is 1. The number of ether oxygens (including phenoxy) is 1. The molecule has 1 atom stereocenters. The van der Waals surface area contributed by atoms with E-state index in [1.54, 1.807) is 0 Å². The molecule has 2 rings (SSSR count). The van der Waals surface area contributed by atoms with Gasteiger partial charge in [-0.15, -0.1) is 0 Å². The van der Waals surface area contributed by atoms with Crippen LogP contribution in [-0.2, 0) is 22.4 Å². The maximum Gasteiger partial charge on any atom is 0.407 e. The van der Waals surface area contributed by atoms with Crippen LogP contribution in [0, 0.1) is 12.8 Å². The van der Waals surface area contributed by atoms with Crippen molar-refractivity contribution in [2.24, 2.45) is 5.92 Å². The molecule has 0 aliphatic carbocycles. The molecule has 0 aliphatic heterocycles. The number of aromatic amines is 1. The minimum Gasteiger partial charge on any atom is -0.453 e. The Morgan fingerprint density at radius 2 is 1.96 bits per heavy atom. The summed E-state index contributed by atoms with van der Waals surface area (Å²) in [5, 5.41) is 12.3. The van der Waals surface area contributed by atoms with Gasteiger partial charge in [0.25, 0.3) is 0 Å². The van der Waals surface area contributed by atoms with Gasteiger partial charge in [0, 0.05) is 11.8 Å². The molecule has 7 nitrogen and oxygen atoms in total. The number of alkyl carbamates (subject to hydrolysis) is 1. The summed E-state index contributed by atoms with van der Waals surface area (Å²) in [6, 6.07) is 9.37. The second-order valence-corrected chi connectivity index (χ2v) is 6.55. The van der Waals surface area contributed by atoms with Crippen molar-refractivity contribution in [3.05, 3.63) is 47.2 Å². The average molecular weight is 358 g/mol. The fraction of sp³-hybridized carbons (Fsp3) is 0.421. The molecule has 0 aliphatic rings. The van der Waals surface area contributed by atoms with Crippen LogP contribution in [-0.4, -0.2) is 35.3 Å². The predicted octanol–water partition coefficient (Wildman–Crippen LogP) is 2.82. The highest BCUT2D eigenvalue weighted by Gasteiger charge is 2.25. The first-order valence-corrected chi connectivity index (χ1v) is 8.65. The lowest BCUT2D eigenvalue weighted by Crippen LogP contribution is -2.47. The molecule has 7 heteroatoms. The first-order valence-electron chi connectivity index (χ1n) is 8.65. The molecule has 26 heavy (non-hydrogen) atoms. The zero-order chi connectivity index (χ0) is 19.1. The van der Waals surface area contributed by atoms with Crippen LogP contribution < -0.4 is 10.6 Å². The number of anilines is 1. The molecule has 0 spiro atoms. The number of aromatic nitrogens is 2. The highest BCUT2D eigenvalue weighted by molar-refractivity contribution is 5.96. The summed E-state index contributed by atoms with van der Waals surface area (Å²) in [5.41, 5.74) is 3.48. The molecule has 0 fully saturated rings. The summed E-state index contributed by atoms with van der Waals surface area (Å²) in [6.07, 6.45) is 1.04. The first-order chi connectivity index (χ1) is 12.4. The molecule has 0 radical (unpaired) electrons. The van der Waals surface area contributed by atoms with E-state index in [1.807, 2.05) is 32.0 Å². The number of methoxy groups -OCH3 is 1. The third kappa shape index (κ3) is 5.34. The smallest absolute Gasteiger partial charge is 0.407 e. The minimum absolute atomic E-state index is 0.0893. The van der Waals surface area contributed by atoms with Crippen molar-refractivity contribution in [1.82, 2.24) is 15.5 Å². The van der Waals surface area contributed by atoms with Gasteiger partial charge in [-0.25, -0.2) is 4.79 Å². The SMILES string of the molecule is COC(=O)N[C@H](C(=O)Nc1cc(CCc2ccccc2C)[nH]n1)C(C)C. The highest BCUT2D eigenvalue weighted by atomic mass is 16.5.